The fourth-order valence-corrected chi connectivity index (χ4v) is 5.51. The molecule has 1 atom stereocenters. The molecule has 1 fully saturated rings. The summed E-state index contributed by atoms with van der Waals surface area (Å²) in [6, 6.07) is 10.2. The van der Waals surface area contributed by atoms with Crippen LogP contribution in [0, 0.1) is 13.8 Å². The molecule has 2 aromatic rings. The van der Waals surface area contributed by atoms with E-state index in [1.54, 1.807) is 13.8 Å². The third-order valence-electron chi connectivity index (χ3n) is 5.18. The maximum atomic E-state index is 12.9. The lowest BCUT2D eigenvalue weighted by Gasteiger charge is -2.35. The first-order valence-electron chi connectivity index (χ1n) is 9.83. The van der Waals surface area contributed by atoms with Crippen molar-refractivity contribution in [3.05, 3.63) is 47.3 Å². The number of sulfonamides is 1. The molecule has 1 saturated heterocycles. The van der Waals surface area contributed by atoms with Gasteiger partial charge in [0.2, 0.25) is 10.0 Å². The van der Waals surface area contributed by atoms with Crippen LogP contribution in [0.1, 0.15) is 17.0 Å². The molecule has 1 aliphatic rings. The van der Waals surface area contributed by atoms with Crippen molar-refractivity contribution in [1.29, 1.82) is 0 Å². The van der Waals surface area contributed by atoms with Crippen LogP contribution in [0.3, 0.4) is 0 Å². The average Bonchev–Trinajstić information content (AvgIpc) is 3.01. The van der Waals surface area contributed by atoms with Crippen molar-refractivity contribution in [2.75, 3.05) is 46.3 Å². The van der Waals surface area contributed by atoms with E-state index < -0.39 is 16.1 Å². The number of benzene rings is 1. The Kier molecular flexibility index (Phi) is 7.07. The van der Waals surface area contributed by atoms with Crippen molar-refractivity contribution in [3.8, 4) is 0 Å². The van der Waals surface area contributed by atoms with Gasteiger partial charge >= 0.3 is 0 Å². The lowest BCUT2D eigenvalue weighted by molar-refractivity contribution is 0.0668. The number of aromatic nitrogens is 1. The molecule has 8 nitrogen and oxygen atoms in total. The topological polar surface area (TPSA) is 90.1 Å². The summed E-state index contributed by atoms with van der Waals surface area (Å²) in [4.78, 5) is 4.38. The highest BCUT2D eigenvalue weighted by Crippen LogP contribution is 2.24. The molecule has 1 aliphatic heterocycles. The Balaban J connectivity index is 1.48. The SMILES string of the molecule is Cc1noc(C)c1S(=O)(=O)N1CCN(CC(O)CN(C)Cc2ccccc2)CC1. The van der Waals surface area contributed by atoms with Crippen molar-refractivity contribution >= 4 is 10.0 Å². The van der Waals surface area contributed by atoms with Gasteiger partial charge in [-0.25, -0.2) is 8.42 Å². The van der Waals surface area contributed by atoms with Gasteiger partial charge in [-0.1, -0.05) is 35.5 Å². The molecular weight excluding hydrogens is 392 g/mol. The molecule has 160 valence electrons. The van der Waals surface area contributed by atoms with Gasteiger partial charge < -0.3 is 9.63 Å². The Morgan fingerprint density at radius 1 is 1.17 bits per heavy atom. The number of likely N-dealkylation sites (N-methyl/N-ethyl adjacent to an activating group) is 1. The number of hydrogen-bond acceptors (Lipinski definition) is 7. The zero-order valence-electron chi connectivity index (χ0n) is 17.3. The summed E-state index contributed by atoms with van der Waals surface area (Å²) >= 11 is 0. The molecule has 9 heteroatoms. The van der Waals surface area contributed by atoms with E-state index in [4.69, 9.17) is 4.52 Å². The first-order chi connectivity index (χ1) is 13.8. The van der Waals surface area contributed by atoms with E-state index in [0.29, 0.717) is 50.7 Å². The van der Waals surface area contributed by atoms with Crippen molar-refractivity contribution < 1.29 is 18.0 Å². The predicted molar refractivity (Wildman–Crippen MR) is 110 cm³/mol. The number of aliphatic hydroxyl groups is 1. The van der Waals surface area contributed by atoms with Gasteiger partial charge in [0.25, 0.3) is 0 Å². The second kappa shape index (κ2) is 9.36. The maximum Gasteiger partial charge on any atom is 0.248 e. The molecule has 2 heterocycles. The molecule has 1 unspecified atom stereocenters. The number of rotatable bonds is 8. The van der Waals surface area contributed by atoms with Gasteiger partial charge in [-0.15, -0.1) is 0 Å². The highest BCUT2D eigenvalue weighted by Gasteiger charge is 2.33. The van der Waals surface area contributed by atoms with Crippen LogP contribution in [0.4, 0.5) is 0 Å². The Morgan fingerprint density at radius 3 is 2.41 bits per heavy atom. The van der Waals surface area contributed by atoms with E-state index in [1.807, 2.05) is 25.2 Å². The van der Waals surface area contributed by atoms with E-state index in [1.165, 1.54) is 9.87 Å². The third-order valence-corrected chi connectivity index (χ3v) is 7.33. The van der Waals surface area contributed by atoms with Crippen LogP contribution < -0.4 is 0 Å². The van der Waals surface area contributed by atoms with Gasteiger partial charge in [-0.3, -0.25) is 9.80 Å². The summed E-state index contributed by atoms with van der Waals surface area (Å²) in [5.41, 5.74) is 1.60. The third kappa shape index (κ3) is 5.43. The molecule has 1 aromatic carbocycles. The van der Waals surface area contributed by atoms with Gasteiger partial charge in [-0.05, 0) is 26.5 Å². The summed E-state index contributed by atoms with van der Waals surface area (Å²) < 4.78 is 32.3. The normalized spacial score (nSPS) is 17.7. The van der Waals surface area contributed by atoms with E-state index in [0.717, 1.165) is 6.54 Å². The summed E-state index contributed by atoms with van der Waals surface area (Å²) in [6.45, 7) is 7.07. The van der Waals surface area contributed by atoms with E-state index >= 15 is 0 Å². The van der Waals surface area contributed by atoms with Crippen LogP contribution >= 0.6 is 0 Å². The monoisotopic (exact) mass is 422 g/mol. The van der Waals surface area contributed by atoms with Gasteiger partial charge in [0.05, 0.1) is 6.10 Å². The molecule has 0 aliphatic carbocycles. The van der Waals surface area contributed by atoms with Crippen LogP contribution in [0.25, 0.3) is 0 Å². The second-order valence-corrected chi connectivity index (χ2v) is 9.57. The lowest BCUT2D eigenvalue weighted by Crippen LogP contribution is -2.51. The first-order valence-corrected chi connectivity index (χ1v) is 11.3. The maximum absolute atomic E-state index is 12.9. The van der Waals surface area contributed by atoms with Gasteiger partial charge in [0.1, 0.15) is 10.6 Å². The van der Waals surface area contributed by atoms with Gasteiger partial charge in [0.15, 0.2) is 5.76 Å². The van der Waals surface area contributed by atoms with Crippen molar-refractivity contribution in [2.24, 2.45) is 0 Å². The fraction of sp³-hybridized carbons (Fsp3) is 0.550. The average molecular weight is 423 g/mol. The minimum absolute atomic E-state index is 0.175. The summed E-state index contributed by atoms with van der Waals surface area (Å²) in [5, 5.41) is 14.2. The Labute approximate surface area is 172 Å². The largest absolute Gasteiger partial charge is 0.390 e. The number of piperazine rings is 1. The fourth-order valence-electron chi connectivity index (χ4n) is 3.80. The van der Waals surface area contributed by atoms with Crippen molar-refractivity contribution in [1.82, 2.24) is 19.3 Å². The van der Waals surface area contributed by atoms with Crippen molar-refractivity contribution in [3.63, 3.8) is 0 Å². The summed E-state index contributed by atoms with van der Waals surface area (Å²) in [7, 11) is -1.62. The molecule has 0 saturated carbocycles. The Hall–Kier alpha value is -1.78. The molecule has 1 N–H and O–H groups in total. The van der Waals surface area contributed by atoms with Crippen LogP contribution in [-0.2, 0) is 16.6 Å². The van der Waals surface area contributed by atoms with E-state index in [9.17, 15) is 13.5 Å². The molecular formula is C20H30N4O4S. The highest BCUT2D eigenvalue weighted by molar-refractivity contribution is 7.89. The molecule has 0 amide bonds. The minimum atomic E-state index is -3.61. The lowest BCUT2D eigenvalue weighted by atomic mass is 10.2. The van der Waals surface area contributed by atoms with Crippen molar-refractivity contribution in [2.45, 2.75) is 31.4 Å². The van der Waals surface area contributed by atoms with Crippen LogP contribution in [-0.4, -0.2) is 85.2 Å². The summed E-state index contributed by atoms with van der Waals surface area (Å²) in [6.07, 6.45) is -0.491. The van der Waals surface area contributed by atoms with Crippen LogP contribution in [0.2, 0.25) is 0 Å². The van der Waals surface area contributed by atoms with Gasteiger partial charge in [0, 0.05) is 45.8 Å². The van der Waals surface area contributed by atoms with Gasteiger partial charge in [-0.2, -0.15) is 4.31 Å². The molecule has 1 aromatic heterocycles. The Bertz CT molecular complexity index is 873. The number of β-amino-alcohol motifs (C(OH)–C–C–N with tert-alkyl or cyclic N) is 1. The number of nitrogens with zero attached hydrogens (tertiary/aromatic N) is 4. The molecule has 0 radical (unpaired) electrons. The Morgan fingerprint density at radius 2 is 1.83 bits per heavy atom. The summed E-state index contributed by atoms with van der Waals surface area (Å²) in [5.74, 6) is 0.321. The highest BCUT2D eigenvalue weighted by atomic mass is 32.2. The number of hydrogen-bond donors (Lipinski definition) is 1. The standard InChI is InChI=1S/C20H30N4O4S/c1-16-20(17(2)28-21-16)29(26,27)24-11-9-23(10-12-24)15-19(25)14-22(3)13-18-7-5-4-6-8-18/h4-8,19,25H,9-15H2,1-3H3. The van der Waals surface area contributed by atoms with E-state index in [2.05, 4.69) is 27.1 Å². The second-order valence-electron chi connectivity index (χ2n) is 7.69. The molecule has 0 bridgehead atoms. The zero-order chi connectivity index (χ0) is 21.0. The zero-order valence-corrected chi connectivity index (χ0v) is 18.1. The minimum Gasteiger partial charge on any atom is -0.390 e. The predicted octanol–water partition coefficient (Wildman–Crippen LogP) is 1.09. The quantitative estimate of drug-likeness (QED) is 0.681. The van der Waals surface area contributed by atoms with Crippen LogP contribution in [0.5, 0.6) is 0 Å². The smallest absolute Gasteiger partial charge is 0.248 e. The van der Waals surface area contributed by atoms with E-state index in [-0.39, 0.29) is 4.90 Å². The molecule has 3 rings (SSSR count). The number of aliphatic hydroxyl groups excluding tert-OH is 1. The first kappa shape index (κ1) is 21.9. The molecule has 0 spiro atoms. The molecule has 29 heavy (non-hydrogen) atoms. The number of aryl methyl sites for hydroxylation is 2. The van der Waals surface area contributed by atoms with Crippen LogP contribution in [0.15, 0.2) is 39.8 Å².